The number of likely N-dealkylation sites (N-methyl/N-ethyl adjacent to an activating group) is 1. The number of carboxylic acid groups (broad SMARTS) is 1. The quantitative estimate of drug-likeness (QED) is 0.337. The Hall–Kier alpha value is -3.51. The Labute approximate surface area is 212 Å². The molecule has 2 aromatic heterocycles. The van der Waals surface area contributed by atoms with Gasteiger partial charge in [-0.2, -0.15) is 10.4 Å². The first-order valence-corrected chi connectivity index (χ1v) is 11.8. The highest BCUT2D eigenvalue weighted by molar-refractivity contribution is 5.80. The summed E-state index contributed by atoms with van der Waals surface area (Å²) in [4.78, 5) is 30.1. The van der Waals surface area contributed by atoms with Crippen LogP contribution in [0.15, 0.2) is 18.5 Å². The van der Waals surface area contributed by atoms with Crippen LogP contribution in [-0.2, 0) is 24.6 Å². The van der Waals surface area contributed by atoms with Gasteiger partial charge >= 0.3 is 12.1 Å². The highest BCUT2D eigenvalue weighted by Crippen LogP contribution is 2.41. The Balaban J connectivity index is 1.45. The summed E-state index contributed by atoms with van der Waals surface area (Å²) in [6.07, 6.45) is -1.42. The van der Waals surface area contributed by atoms with Crippen LogP contribution >= 0.6 is 0 Å². The standard InChI is InChI=1S/C23H30N6O8/c1-28(2)22(20(32)33,13-5-3-4-6-13)11-36-21(34)35-9-15-17(30)18(31)23(10-24,37-15)16-8-7-14-19(25)26-12-27-29(14)16/h7-8,12-13,15,17-18,30-31H,3-6,9,11H2,1-2H3,(H,32,33)(H2,25,26,27)/t15-,17-,18-,22?,23+/m1/s1. The molecule has 14 heteroatoms. The second-order valence-corrected chi connectivity index (χ2v) is 9.55. The van der Waals surface area contributed by atoms with Crippen LogP contribution in [0.5, 0.6) is 0 Å². The topological polar surface area (TPSA) is 206 Å². The minimum Gasteiger partial charge on any atom is -0.480 e. The number of carbonyl (C=O) groups is 2. The molecule has 200 valence electrons. The molecule has 1 aliphatic carbocycles. The number of aromatic nitrogens is 3. The van der Waals surface area contributed by atoms with E-state index in [2.05, 4.69) is 10.1 Å². The van der Waals surface area contributed by atoms with Crippen molar-refractivity contribution in [2.45, 2.75) is 55.1 Å². The molecule has 4 rings (SSSR count). The number of fused-ring (bicyclic) bond motifs is 1. The van der Waals surface area contributed by atoms with Crippen LogP contribution in [0.1, 0.15) is 31.4 Å². The number of carboxylic acids is 1. The second-order valence-electron chi connectivity index (χ2n) is 9.55. The average molecular weight is 519 g/mol. The summed E-state index contributed by atoms with van der Waals surface area (Å²) in [6, 6.07) is 4.90. The highest BCUT2D eigenvalue weighted by Gasteiger charge is 2.58. The van der Waals surface area contributed by atoms with Crippen LogP contribution in [0.2, 0.25) is 0 Å². The normalized spacial score (nSPS) is 27.7. The van der Waals surface area contributed by atoms with Gasteiger partial charge in [-0.3, -0.25) is 9.69 Å². The third kappa shape index (κ3) is 4.33. The van der Waals surface area contributed by atoms with Gasteiger partial charge in [0.2, 0.25) is 5.60 Å². The van der Waals surface area contributed by atoms with Crippen molar-refractivity contribution in [2.24, 2.45) is 5.92 Å². The first kappa shape index (κ1) is 26.6. The van der Waals surface area contributed by atoms with E-state index in [0.717, 1.165) is 12.8 Å². The summed E-state index contributed by atoms with van der Waals surface area (Å²) >= 11 is 0. The number of aliphatic hydroxyl groups is 2. The number of ether oxygens (including phenoxy) is 3. The van der Waals surface area contributed by atoms with Crippen molar-refractivity contribution in [2.75, 3.05) is 33.0 Å². The molecule has 1 unspecified atom stereocenters. The number of hydrogen-bond acceptors (Lipinski definition) is 12. The molecular weight excluding hydrogens is 488 g/mol. The van der Waals surface area contributed by atoms with E-state index in [0.29, 0.717) is 18.4 Å². The molecule has 5 atom stereocenters. The summed E-state index contributed by atoms with van der Waals surface area (Å²) < 4.78 is 17.3. The zero-order valence-electron chi connectivity index (χ0n) is 20.5. The van der Waals surface area contributed by atoms with Crippen molar-refractivity contribution < 1.29 is 39.1 Å². The van der Waals surface area contributed by atoms with Gasteiger partial charge in [-0.05, 0) is 45.0 Å². The fraction of sp³-hybridized carbons (Fsp3) is 0.609. The predicted octanol–water partition coefficient (Wildman–Crippen LogP) is -0.121. The molecule has 2 fully saturated rings. The van der Waals surface area contributed by atoms with Gasteiger partial charge in [-0.1, -0.05) is 12.8 Å². The van der Waals surface area contributed by atoms with Gasteiger partial charge in [0, 0.05) is 0 Å². The van der Waals surface area contributed by atoms with Crippen molar-refractivity contribution >= 4 is 23.5 Å². The fourth-order valence-corrected chi connectivity index (χ4v) is 5.35. The predicted molar refractivity (Wildman–Crippen MR) is 125 cm³/mol. The Morgan fingerprint density at radius 3 is 2.65 bits per heavy atom. The van der Waals surface area contributed by atoms with E-state index >= 15 is 0 Å². The van der Waals surface area contributed by atoms with Gasteiger partial charge in [-0.25, -0.2) is 14.3 Å². The summed E-state index contributed by atoms with van der Waals surface area (Å²) in [5.74, 6) is -1.16. The first-order chi connectivity index (χ1) is 17.6. The van der Waals surface area contributed by atoms with Gasteiger partial charge in [0.1, 0.15) is 49.4 Å². The summed E-state index contributed by atoms with van der Waals surface area (Å²) in [7, 11) is 3.24. The van der Waals surface area contributed by atoms with Crippen LogP contribution in [0.3, 0.4) is 0 Å². The van der Waals surface area contributed by atoms with E-state index in [1.165, 1.54) is 27.9 Å². The van der Waals surface area contributed by atoms with Gasteiger partial charge in [0.15, 0.2) is 11.4 Å². The molecule has 0 amide bonds. The van der Waals surface area contributed by atoms with Crippen molar-refractivity contribution in [1.82, 2.24) is 19.5 Å². The lowest BCUT2D eigenvalue weighted by molar-refractivity contribution is -0.158. The maximum absolute atomic E-state index is 12.4. The minimum absolute atomic E-state index is 0.101. The fourth-order valence-electron chi connectivity index (χ4n) is 5.35. The molecule has 2 aromatic rings. The van der Waals surface area contributed by atoms with E-state index in [1.807, 2.05) is 6.07 Å². The molecule has 14 nitrogen and oxygen atoms in total. The third-order valence-electron chi connectivity index (χ3n) is 7.46. The van der Waals surface area contributed by atoms with Gasteiger partial charge in [0.05, 0.1) is 5.69 Å². The zero-order chi connectivity index (χ0) is 27.0. The van der Waals surface area contributed by atoms with Gasteiger partial charge in [-0.15, -0.1) is 0 Å². The Morgan fingerprint density at radius 1 is 1.32 bits per heavy atom. The van der Waals surface area contributed by atoms with E-state index < -0.39 is 54.8 Å². The highest BCUT2D eigenvalue weighted by atomic mass is 16.7. The van der Waals surface area contributed by atoms with Crippen LogP contribution in [0.25, 0.3) is 5.52 Å². The number of aliphatic carboxylic acids is 1. The Bertz CT molecular complexity index is 1210. The molecule has 1 saturated carbocycles. The number of nitrogen functional groups attached to an aromatic ring is 1. The first-order valence-electron chi connectivity index (χ1n) is 11.8. The zero-order valence-corrected chi connectivity index (χ0v) is 20.5. The number of nitriles is 1. The van der Waals surface area contributed by atoms with Crippen molar-refractivity contribution in [3.63, 3.8) is 0 Å². The molecule has 5 N–H and O–H groups in total. The Morgan fingerprint density at radius 2 is 2.03 bits per heavy atom. The Kier molecular flexibility index (Phi) is 7.24. The molecule has 1 saturated heterocycles. The van der Waals surface area contributed by atoms with E-state index in [9.17, 15) is 30.2 Å². The largest absolute Gasteiger partial charge is 0.508 e. The third-order valence-corrected chi connectivity index (χ3v) is 7.46. The minimum atomic E-state index is -2.05. The molecule has 3 heterocycles. The number of nitrogens with zero attached hydrogens (tertiary/aromatic N) is 5. The van der Waals surface area contributed by atoms with Crippen molar-refractivity contribution in [3.8, 4) is 6.07 Å². The van der Waals surface area contributed by atoms with Crippen molar-refractivity contribution in [1.29, 1.82) is 5.26 Å². The molecule has 0 radical (unpaired) electrons. The number of rotatable bonds is 8. The lowest BCUT2D eigenvalue weighted by Crippen LogP contribution is -2.59. The van der Waals surface area contributed by atoms with E-state index in [-0.39, 0.29) is 17.4 Å². The molecule has 1 aliphatic heterocycles. The molecule has 0 spiro atoms. The van der Waals surface area contributed by atoms with E-state index in [1.54, 1.807) is 14.1 Å². The maximum Gasteiger partial charge on any atom is 0.508 e. The molecular formula is C23H30N6O8. The lowest BCUT2D eigenvalue weighted by atomic mass is 9.82. The summed E-state index contributed by atoms with van der Waals surface area (Å²) in [6.45, 7) is -0.999. The number of carbonyl (C=O) groups excluding carboxylic acids is 1. The number of hydrogen-bond donors (Lipinski definition) is 4. The number of aliphatic hydroxyl groups excluding tert-OH is 2. The van der Waals surface area contributed by atoms with Crippen LogP contribution in [0, 0.1) is 17.2 Å². The molecule has 2 aliphatic rings. The summed E-state index contributed by atoms with van der Waals surface area (Å²) in [5.41, 5.74) is 2.85. The van der Waals surface area contributed by atoms with Gasteiger partial charge < -0.3 is 35.3 Å². The second kappa shape index (κ2) is 10.1. The van der Waals surface area contributed by atoms with E-state index in [4.69, 9.17) is 19.9 Å². The monoisotopic (exact) mass is 518 g/mol. The van der Waals surface area contributed by atoms with Crippen LogP contribution < -0.4 is 5.73 Å². The summed E-state index contributed by atoms with van der Waals surface area (Å²) in [5, 5.41) is 45.4. The smallest absolute Gasteiger partial charge is 0.480 e. The van der Waals surface area contributed by atoms with Crippen molar-refractivity contribution in [3.05, 3.63) is 24.2 Å². The number of anilines is 1. The average Bonchev–Trinajstić information content (AvgIpc) is 3.59. The van der Waals surface area contributed by atoms with Crippen LogP contribution in [-0.4, -0.2) is 98.1 Å². The molecule has 0 bridgehead atoms. The number of nitrogens with two attached hydrogens (primary N) is 1. The molecule has 0 aromatic carbocycles. The lowest BCUT2D eigenvalue weighted by Gasteiger charge is -2.39. The maximum atomic E-state index is 12.4. The SMILES string of the molecule is CN(C)C(COC(=O)OC[C@H]1O[C@@](C#N)(c2ccc3c(N)ncnn23)[C@H](O)[C@@H]1O)(C(=O)O)C1CCCC1. The molecule has 37 heavy (non-hydrogen) atoms. The van der Waals surface area contributed by atoms with Crippen LogP contribution in [0.4, 0.5) is 10.6 Å². The van der Waals surface area contributed by atoms with Gasteiger partial charge in [0.25, 0.3) is 0 Å².